The van der Waals surface area contributed by atoms with Crippen LogP contribution in [0.2, 0.25) is 0 Å². The Hall–Kier alpha value is -1.42. The lowest BCUT2D eigenvalue weighted by molar-refractivity contribution is -0.136. The lowest BCUT2D eigenvalue weighted by Crippen LogP contribution is -2.43. The van der Waals surface area contributed by atoms with Crippen molar-refractivity contribution < 1.29 is 9.18 Å². The Morgan fingerprint density at radius 3 is 2.65 bits per heavy atom. The number of hydrogen-bond donors (Lipinski definition) is 1. The molecule has 1 aromatic carbocycles. The van der Waals surface area contributed by atoms with Gasteiger partial charge in [-0.1, -0.05) is 25.1 Å². The van der Waals surface area contributed by atoms with E-state index in [1.165, 1.54) is 6.07 Å². The van der Waals surface area contributed by atoms with Crippen LogP contribution in [0.4, 0.5) is 4.39 Å². The Balaban J connectivity index is 1.86. The molecule has 0 saturated carbocycles. The Morgan fingerprint density at radius 2 is 2.05 bits per heavy atom. The molecule has 1 atom stereocenters. The first-order chi connectivity index (χ1) is 9.61. The lowest BCUT2D eigenvalue weighted by atomic mass is 9.89. The van der Waals surface area contributed by atoms with E-state index in [-0.39, 0.29) is 17.6 Å². The molecule has 1 fully saturated rings. The topological polar surface area (TPSA) is 46.3 Å². The fourth-order valence-corrected chi connectivity index (χ4v) is 2.74. The highest BCUT2D eigenvalue weighted by molar-refractivity contribution is 5.78. The van der Waals surface area contributed by atoms with Crippen LogP contribution in [0.15, 0.2) is 24.3 Å². The fourth-order valence-electron chi connectivity index (χ4n) is 2.74. The summed E-state index contributed by atoms with van der Waals surface area (Å²) in [5.41, 5.74) is 6.32. The van der Waals surface area contributed by atoms with Crippen molar-refractivity contribution in [3.8, 4) is 0 Å². The molecule has 110 valence electrons. The van der Waals surface area contributed by atoms with E-state index in [0.29, 0.717) is 12.5 Å². The predicted molar refractivity (Wildman–Crippen MR) is 77.6 cm³/mol. The van der Waals surface area contributed by atoms with Gasteiger partial charge in [0.2, 0.25) is 5.91 Å². The van der Waals surface area contributed by atoms with Gasteiger partial charge in [0, 0.05) is 25.6 Å². The highest BCUT2D eigenvalue weighted by Crippen LogP contribution is 2.23. The maximum Gasteiger partial charge on any atom is 0.226 e. The molecule has 4 heteroatoms. The van der Waals surface area contributed by atoms with E-state index in [0.717, 1.165) is 37.9 Å². The van der Waals surface area contributed by atoms with Crippen LogP contribution in [-0.4, -0.2) is 30.4 Å². The molecule has 1 amide bonds. The van der Waals surface area contributed by atoms with Crippen LogP contribution in [0.1, 0.15) is 25.3 Å². The molecular formula is C16H23FN2O. The summed E-state index contributed by atoms with van der Waals surface area (Å²) in [6.07, 6.45) is 2.65. The van der Waals surface area contributed by atoms with Crippen molar-refractivity contribution in [1.82, 2.24) is 4.90 Å². The first-order valence-electron chi connectivity index (χ1n) is 7.34. The Kier molecular flexibility index (Phi) is 5.12. The highest BCUT2D eigenvalue weighted by atomic mass is 19.1. The van der Waals surface area contributed by atoms with Crippen LogP contribution < -0.4 is 5.73 Å². The second kappa shape index (κ2) is 6.84. The third kappa shape index (κ3) is 3.57. The van der Waals surface area contributed by atoms with Gasteiger partial charge in [-0.05, 0) is 36.8 Å². The van der Waals surface area contributed by atoms with Crippen LogP contribution in [0.5, 0.6) is 0 Å². The van der Waals surface area contributed by atoms with Gasteiger partial charge >= 0.3 is 0 Å². The predicted octanol–water partition coefficient (Wildman–Crippen LogP) is 2.20. The number of likely N-dealkylation sites (tertiary alicyclic amines) is 1. The third-order valence-electron chi connectivity index (χ3n) is 4.17. The molecular weight excluding hydrogens is 255 g/mol. The van der Waals surface area contributed by atoms with Crippen LogP contribution in [0.25, 0.3) is 0 Å². The van der Waals surface area contributed by atoms with Gasteiger partial charge in [0.05, 0.1) is 0 Å². The summed E-state index contributed by atoms with van der Waals surface area (Å²) >= 11 is 0. The number of halogens is 1. The van der Waals surface area contributed by atoms with Gasteiger partial charge in [0.25, 0.3) is 0 Å². The number of amides is 1. The average Bonchev–Trinajstić information content (AvgIpc) is 2.49. The third-order valence-corrected chi connectivity index (χ3v) is 4.17. The van der Waals surface area contributed by atoms with Crippen molar-refractivity contribution in [2.24, 2.45) is 17.6 Å². The molecule has 20 heavy (non-hydrogen) atoms. The summed E-state index contributed by atoms with van der Waals surface area (Å²) in [5.74, 6) is 0.391. The van der Waals surface area contributed by atoms with Crippen molar-refractivity contribution in [3.05, 3.63) is 35.6 Å². The molecule has 1 aliphatic heterocycles. The second-order valence-electron chi connectivity index (χ2n) is 5.70. The molecule has 0 aromatic heterocycles. The maximum absolute atomic E-state index is 13.6. The quantitative estimate of drug-likeness (QED) is 0.918. The Labute approximate surface area is 120 Å². The molecule has 0 spiro atoms. The van der Waals surface area contributed by atoms with E-state index in [9.17, 15) is 9.18 Å². The fraction of sp³-hybridized carbons (Fsp3) is 0.562. The summed E-state index contributed by atoms with van der Waals surface area (Å²) in [6.45, 7) is 3.80. The molecule has 0 radical (unpaired) electrons. The molecule has 1 aromatic rings. The molecule has 1 unspecified atom stereocenters. The van der Waals surface area contributed by atoms with Gasteiger partial charge in [-0.3, -0.25) is 4.79 Å². The SMILES string of the molecule is CC(CN)C(=O)N1CCC(Cc2ccccc2F)CC1. The summed E-state index contributed by atoms with van der Waals surface area (Å²) in [7, 11) is 0. The molecule has 0 bridgehead atoms. The number of nitrogens with two attached hydrogens (primary N) is 1. The first kappa shape index (κ1) is 15.0. The number of nitrogens with zero attached hydrogens (tertiary/aromatic N) is 1. The summed E-state index contributed by atoms with van der Waals surface area (Å²) in [4.78, 5) is 13.9. The molecule has 1 saturated heterocycles. The largest absolute Gasteiger partial charge is 0.342 e. The minimum atomic E-state index is -0.122. The van der Waals surface area contributed by atoms with Crippen molar-refractivity contribution in [2.45, 2.75) is 26.2 Å². The van der Waals surface area contributed by atoms with Crippen molar-refractivity contribution in [1.29, 1.82) is 0 Å². The van der Waals surface area contributed by atoms with Crippen molar-refractivity contribution in [3.63, 3.8) is 0 Å². The zero-order valence-electron chi connectivity index (χ0n) is 12.0. The average molecular weight is 278 g/mol. The lowest BCUT2D eigenvalue weighted by Gasteiger charge is -2.33. The molecule has 0 aliphatic carbocycles. The minimum absolute atomic E-state index is 0.0990. The maximum atomic E-state index is 13.6. The van der Waals surface area contributed by atoms with Gasteiger partial charge in [0.15, 0.2) is 0 Å². The summed E-state index contributed by atoms with van der Waals surface area (Å²) in [6, 6.07) is 6.95. The molecule has 1 heterocycles. The molecule has 3 nitrogen and oxygen atoms in total. The zero-order chi connectivity index (χ0) is 14.5. The van der Waals surface area contributed by atoms with E-state index in [4.69, 9.17) is 5.73 Å². The Morgan fingerprint density at radius 1 is 1.40 bits per heavy atom. The Bertz CT molecular complexity index is 456. The number of carbonyl (C=O) groups is 1. The number of piperidine rings is 1. The number of rotatable bonds is 4. The van der Waals surface area contributed by atoms with Gasteiger partial charge in [-0.2, -0.15) is 0 Å². The van der Waals surface area contributed by atoms with Crippen LogP contribution >= 0.6 is 0 Å². The number of benzene rings is 1. The van der Waals surface area contributed by atoms with E-state index in [1.54, 1.807) is 6.07 Å². The normalized spacial score (nSPS) is 18.1. The van der Waals surface area contributed by atoms with E-state index < -0.39 is 0 Å². The van der Waals surface area contributed by atoms with Crippen LogP contribution in [-0.2, 0) is 11.2 Å². The molecule has 2 N–H and O–H groups in total. The standard InChI is InChI=1S/C16H23FN2O/c1-12(11-18)16(20)19-8-6-13(7-9-19)10-14-4-2-3-5-15(14)17/h2-5,12-13H,6-11,18H2,1H3. The molecule has 2 rings (SSSR count). The first-order valence-corrected chi connectivity index (χ1v) is 7.34. The van der Waals surface area contributed by atoms with Crippen molar-refractivity contribution in [2.75, 3.05) is 19.6 Å². The second-order valence-corrected chi connectivity index (χ2v) is 5.70. The van der Waals surface area contributed by atoms with Gasteiger partial charge in [-0.15, -0.1) is 0 Å². The van der Waals surface area contributed by atoms with Crippen molar-refractivity contribution >= 4 is 5.91 Å². The van der Waals surface area contributed by atoms with E-state index in [2.05, 4.69) is 0 Å². The van der Waals surface area contributed by atoms with E-state index >= 15 is 0 Å². The monoisotopic (exact) mass is 278 g/mol. The van der Waals surface area contributed by atoms with Gasteiger partial charge < -0.3 is 10.6 Å². The van der Waals surface area contributed by atoms with Crippen LogP contribution in [0, 0.1) is 17.7 Å². The summed E-state index contributed by atoms with van der Waals surface area (Å²) < 4.78 is 13.6. The molecule has 1 aliphatic rings. The number of carbonyl (C=O) groups excluding carboxylic acids is 1. The van der Waals surface area contributed by atoms with Crippen LogP contribution in [0.3, 0.4) is 0 Å². The van der Waals surface area contributed by atoms with E-state index in [1.807, 2.05) is 24.0 Å². The smallest absolute Gasteiger partial charge is 0.226 e. The summed E-state index contributed by atoms with van der Waals surface area (Å²) in [5, 5.41) is 0. The number of hydrogen-bond acceptors (Lipinski definition) is 2. The minimum Gasteiger partial charge on any atom is -0.342 e. The highest BCUT2D eigenvalue weighted by Gasteiger charge is 2.25. The van der Waals surface area contributed by atoms with Gasteiger partial charge in [-0.25, -0.2) is 4.39 Å². The zero-order valence-corrected chi connectivity index (χ0v) is 12.0. The van der Waals surface area contributed by atoms with Gasteiger partial charge in [0.1, 0.15) is 5.82 Å².